The molecule has 0 radical (unpaired) electrons. The molecule has 3 atom stereocenters. The normalized spacial score (nSPS) is 13.7. The fourth-order valence-electron chi connectivity index (χ4n) is 6.88. The molecule has 0 rings (SSSR count). The monoisotopic (exact) mass is 821 g/mol. The number of hydrogen-bond acceptors (Lipinski definition) is 9. The zero-order chi connectivity index (χ0) is 41.2. The molecule has 0 aromatic rings. The van der Waals surface area contributed by atoms with Gasteiger partial charge in [0, 0.05) is 12.8 Å². The minimum Gasteiger partial charge on any atom is -0.462 e. The van der Waals surface area contributed by atoms with Crippen molar-refractivity contribution in [3.63, 3.8) is 0 Å². The van der Waals surface area contributed by atoms with Gasteiger partial charge in [-0.2, -0.15) is 0 Å². The topological polar surface area (TPSA) is 149 Å². The summed E-state index contributed by atoms with van der Waals surface area (Å²) >= 11 is 0. The minimum atomic E-state index is -4.61. The summed E-state index contributed by atoms with van der Waals surface area (Å²) in [7, 11) is -4.61. The van der Waals surface area contributed by atoms with Crippen molar-refractivity contribution in [3.8, 4) is 0 Å². The Morgan fingerprint density at radius 3 is 1.11 bits per heavy atom. The smallest absolute Gasteiger partial charge is 0.462 e. The summed E-state index contributed by atoms with van der Waals surface area (Å²) in [6.07, 6.45) is 39.4. The molecular formula is C45H89O10P. The fourth-order valence-corrected chi connectivity index (χ4v) is 7.67. The number of phosphoric ester groups is 1. The van der Waals surface area contributed by atoms with Crippen molar-refractivity contribution in [2.24, 2.45) is 0 Å². The van der Waals surface area contributed by atoms with Gasteiger partial charge in [-0.05, 0) is 12.8 Å². The Morgan fingerprint density at radius 2 is 0.768 bits per heavy atom. The maximum absolute atomic E-state index is 12.6. The van der Waals surface area contributed by atoms with Gasteiger partial charge >= 0.3 is 19.8 Å². The lowest BCUT2D eigenvalue weighted by atomic mass is 10.0. The van der Waals surface area contributed by atoms with Gasteiger partial charge in [0.2, 0.25) is 0 Å². The molecule has 0 aromatic carbocycles. The average Bonchev–Trinajstić information content (AvgIpc) is 3.19. The summed E-state index contributed by atoms with van der Waals surface area (Å²) in [4.78, 5) is 34.9. The second-order valence-corrected chi connectivity index (χ2v) is 17.6. The number of aliphatic hydroxyl groups excluding tert-OH is 2. The van der Waals surface area contributed by atoms with E-state index in [0.717, 1.165) is 38.5 Å². The first kappa shape index (κ1) is 55.0. The van der Waals surface area contributed by atoms with Gasteiger partial charge in [-0.3, -0.25) is 18.6 Å². The molecule has 0 heterocycles. The largest absolute Gasteiger partial charge is 0.472 e. The van der Waals surface area contributed by atoms with Crippen LogP contribution in [0.1, 0.15) is 239 Å². The van der Waals surface area contributed by atoms with Crippen LogP contribution < -0.4 is 0 Å². The van der Waals surface area contributed by atoms with E-state index >= 15 is 0 Å². The van der Waals surface area contributed by atoms with E-state index in [2.05, 4.69) is 13.8 Å². The van der Waals surface area contributed by atoms with Crippen molar-refractivity contribution in [1.82, 2.24) is 0 Å². The summed E-state index contributed by atoms with van der Waals surface area (Å²) in [5, 5.41) is 18.3. The molecule has 0 bridgehead atoms. The molecule has 11 heteroatoms. The Balaban J connectivity index is 4.08. The van der Waals surface area contributed by atoms with Crippen LogP contribution in [-0.4, -0.2) is 65.7 Å². The number of carbonyl (C=O) groups is 2. The molecule has 0 aliphatic rings. The fraction of sp³-hybridized carbons (Fsp3) is 0.956. The van der Waals surface area contributed by atoms with Crippen molar-refractivity contribution in [1.29, 1.82) is 0 Å². The first-order chi connectivity index (χ1) is 27.2. The first-order valence-corrected chi connectivity index (χ1v) is 25.0. The van der Waals surface area contributed by atoms with Crippen LogP contribution in [0.2, 0.25) is 0 Å². The highest BCUT2D eigenvalue weighted by Gasteiger charge is 2.27. The molecule has 0 saturated heterocycles. The lowest BCUT2D eigenvalue weighted by Gasteiger charge is -2.20. The van der Waals surface area contributed by atoms with Gasteiger partial charge in [-0.1, -0.05) is 213 Å². The third-order valence-electron chi connectivity index (χ3n) is 10.5. The number of aliphatic hydroxyl groups is 2. The maximum Gasteiger partial charge on any atom is 0.472 e. The van der Waals surface area contributed by atoms with Crippen LogP contribution in [0.25, 0.3) is 0 Å². The van der Waals surface area contributed by atoms with Crippen LogP contribution in [0, 0.1) is 0 Å². The third-order valence-corrected chi connectivity index (χ3v) is 11.5. The summed E-state index contributed by atoms with van der Waals surface area (Å²) < 4.78 is 32.7. The van der Waals surface area contributed by atoms with Gasteiger partial charge < -0.3 is 24.6 Å². The van der Waals surface area contributed by atoms with Crippen molar-refractivity contribution in [3.05, 3.63) is 0 Å². The van der Waals surface area contributed by atoms with Crippen molar-refractivity contribution < 1.29 is 47.8 Å². The Morgan fingerprint density at radius 1 is 0.464 bits per heavy atom. The lowest BCUT2D eigenvalue weighted by Crippen LogP contribution is -2.29. The third kappa shape index (κ3) is 41.1. The molecule has 0 fully saturated rings. The lowest BCUT2D eigenvalue weighted by molar-refractivity contribution is -0.161. The summed E-state index contributed by atoms with van der Waals surface area (Å²) in [6, 6.07) is 0. The van der Waals surface area contributed by atoms with Gasteiger partial charge in [0.15, 0.2) is 6.10 Å². The molecule has 3 unspecified atom stereocenters. The highest BCUT2D eigenvalue weighted by atomic mass is 31.2. The number of ether oxygens (including phenoxy) is 2. The SMILES string of the molecule is CCCCCCCCCCCCCCCCCCCCCCCCCC(=O)OC(COC(=O)CCCCCCCCCCCC)COP(=O)(O)OCC(O)CO. The summed E-state index contributed by atoms with van der Waals surface area (Å²) in [5.74, 6) is -0.910. The Bertz CT molecular complexity index is 904. The number of phosphoric acid groups is 1. The minimum absolute atomic E-state index is 0.193. The molecule has 0 aliphatic carbocycles. The molecule has 334 valence electrons. The second kappa shape index (κ2) is 42.1. The van der Waals surface area contributed by atoms with Gasteiger partial charge in [0.25, 0.3) is 0 Å². The molecule has 0 spiro atoms. The van der Waals surface area contributed by atoms with Gasteiger partial charge in [-0.15, -0.1) is 0 Å². The van der Waals surface area contributed by atoms with Crippen LogP contribution in [0.4, 0.5) is 0 Å². The molecule has 0 aliphatic heterocycles. The van der Waals surface area contributed by atoms with E-state index in [1.165, 1.54) is 161 Å². The summed E-state index contributed by atoms with van der Waals surface area (Å²) in [5.41, 5.74) is 0. The van der Waals surface area contributed by atoms with Crippen LogP contribution in [0.15, 0.2) is 0 Å². The summed E-state index contributed by atoms with van der Waals surface area (Å²) in [6.45, 7) is 2.41. The van der Waals surface area contributed by atoms with Crippen molar-refractivity contribution in [2.75, 3.05) is 26.4 Å². The van der Waals surface area contributed by atoms with E-state index in [1.807, 2.05) is 0 Å². The quantitative estimate of drug-likeness (QED) is 0.0308. The molecule has 0 amide bonds. The number of esters is 2. The van der Waals surface area contributed by atoms with E-state index in [9.17, 15) is 24.2 Å². The standard InChI is InChI=1S/C45H89O10P/c1-3-5-7-9-11-13-15-16-17-18-19-20-21-22-23-24-25-26-27-29-31-33-35-37-45(49)55-43(41-54-56(50,51)53-39-42(47)38-46)40-52-44(48)36-34-32-30-28-14-12-10-8-6-4-2/h42-43,46-47H,3-41H2,1-2H3,(H,50,51). The Labute approximate surface area is 344 Å². The molecule has 10 nitrogen and oxygen atoms in total. The van der Waals surface area contributed by atoms with Gasteiger partial charge in [0.1, 0.15) is 12.7 Å². The zero-order valence-corrected chi connectivity index (χ0v) is 37.3. The number of hydrogen-bond donors (Lipinski definition) is 3. The van der Waals surface area contributed by atoms with Crippen LogP contribution >= 0.6 is 7.82 Å². The molecule has 0 aromatic heterocycles. The molecule has 3 N–H and O–H groups in total. The number of rotatable bonds is 45. The van der Waals surface area contributed by atoms with Crippen LogP contribution in [0.5, 0.6) is 0 Å². The first-order valence-electron chi connectivity index (χ1n) is 23.5. The van der Waals surface area contributed by atoms with Gasteiger partial charge in [0.05, 0.1) is 19.8 Å². The van der Waals surface area contributed by atoms with Crippen LogP contribution in [0.3, 0.4) is 0 Å². The maximum atomic E-state index is 12.6. The predicted molar refractivity (Wildman–Crippen MR) is 229 cm³/mol. The number of carbonyl (C=O) groups excluding carboxylic acids is 2. The van der Waals surface area contributed by atoms with E-state index in [0.29, 0.717) is 12.8 Å². The van der Waals surface area contributed by atoms with Crippen molar-refractivity contribution in [2.45, 2.75) is 251 Å². The average molecular weight is 821 g/mol. The Hall–Kier alpha value is -1.03. The number of unbranched alkanes of at least 4 members (excludes halogenated alkanes) is 31. The van der Waals surface area contributed by atoms with Crippen LogP contribution in [-0.2, 0) is 32.7 Å². The van der Waals surface area contributed by atoms with E-state index in [1.54, 1.807) is 0 Å². The Kier molecular flexibility index (Phi) is 41.3. The second-order valence-electron chi connectivity index (χ2n) is 16.2. The zero-order valence-electron chi connectivity index (χ0n) is 36.4. The molecular weight excluding hydrogens is 731 g/mol. The van der Waals surface area contributed by atoms with E-state index in [4.69, 9.17) is 23.6 Å². The highest BCUT2D eigenvalue weighted by molar-refractivity contribution is 7.47. The molecule has 56 heavy (non-hydrogen) atoms. The van der Waals surface area contributed by atoms with Crippen molar-refractivity contribution >= 4 is 19.8 Å². The van der Waals surface area contributed by atoms with E-state index < -0.39 is 51.8 Å². The molecule has 0 saturated carbocycles. The van der Waals surface area contributed by atoms with E-state index in [-0.39, 0.29) is 19.4 Å². The predicted octanol–water partition coefficient (Wildman–Crippen LogP) is 12.6. The van der Waals surface area contributed by atoms with Gasteiger partial charge in [-0.25, -0.2) is 4.57 Å². The highest BCUT2D eigenvalue weighted by Crippen LogP contribution is 2.43.